The summed E-state index contributed by atoms with van der Waals surface area (Å²) < 4.78 is 17.5. The summed E-state index contributed by atoms with van der Waals surface area (Å²) in [5.74, 6) is 1.58. The number of rotatable bonds is 6. The van der Waals surface area contributed by atoms with Gasteiger partial charge in [0.25, 0.3) is 5.91 Å². The standard InChI is InChI=1S/C15H19N3O4/c1-18-9-10(7-17-18)15(19)16-8-12-13(21-3)5-11(20-2)6-14(12)22-4/h5-7,9H,8H2,1-4H3,(H,16,19). The summed E-state index contributed by atoms with van der Waals surface area (Å²) in [6.07, 6.45) is 3.16. The molecule has 0 saturated heterocycles. The Bertz CT molecular complexity index is 642. The van der Waals surface area contributed by atoms with Crippen LogP contribution in [0.5, 0.6) is 17.2 Å². The first-order valence-electron chi connectivity index (χ1n) is 6.64. The zero-order chi connectivity index (χ0) is 16.1. The van der Waals surface area contributed by atoms with Crippen molar-refractivity contribution in [1.82, 2.24) is 15.1 Å². The van der Waals surface area contributed by atoms with Gasteiger partial charge in [0, 0.05) is 25.4 Å². The first-order valence-corrected chi connectivity index (χ1v) is 6.64. The number of aromatic nitrogens is 2. The third-order valence-electron chi connectivity index (χ3n) is 3.21. The predicted molar refractivity (Wildman–Crippen MR) is 80.5 cm³/mol. The largest absolute Gasteiger partial charge is 0.496 e. The van der Waals surface area contributed by atoms with E-state index in [9.17, 15) is 4.79 Å². The first kappa shape index (κ1) is 15.7. The number of amides is 1. The molecule has 1 heterocycles. The van der Waals surface area contributed by atoms with Crippen LogP contribution in [-0.4, -0.2) is 37.0 Å². The van der Waals surface area contributed by atoms with Crippen LogP contribution in [0.25, 0.3) is 0 Å². The quantitative estimate of drug-likeness (QED) is 0.872. The minimum Gasteiger partial charge on any atom is -0.496 e. The Morgan fingerprint density at radius 2 is 1.82 bits per heavy atom. The summed E-state index contributed by atoms with van der Waals surface area (Å²) >= 11 is 0. The maximum Gasteiger partial charge on any atom is 0.254 e. The number of hydrogen-bond donors (Lipinski definition) is 1. The van der Waals surface area contributed by atoms with E-state index < -0.39 is 0 Å². The molecule has 0 aliphatic carbocycles. The van der Waals surface area contributed by atoms with E-state index in [-0.39, 0.29) is 12.5 Å². The molecule has 1 aromatic heterocycles. The van der Waals surface area contributed by atoms with Gasteiger partial charge in [0.15, 0.2) is 0 Å². The molecular formula is C15H19N3O4. The molecule has 118 valence electrons. The SMILES string of the molecule is COc1cc(OC)c(CNC(=O)c2cnn(C)c2)c(OC)c1. The van der Waals surface area contributed by atoms with Crippen molar-refractivity contribution in [3.63, 3.8) is 0 Å². The average Bonchev–Trinajstić information content (AvgIpc) is 2.98. The highest BCUT2D eigenvalue weighted by molar-refractivity contribution is 5.93. The molecule has 0 saturated carbocycles. The molecule has 22 heavy (non-hydrogen) atoms. The molecule has 2 rings (SSSR count). The van der Waals surface area contributed by atoms with E-state index in [0.717, 1.165) is 5.56 Å². The predicted octanol–water partition coefficient (Wildman–Crippen LogP) is 1.38. The van der Waals surface area contributed by atoms with Gasteiger partial charge >= 0.3 is 0 Å². The fourth-order valence-electron chi connectivity index (χ4n) is 2.06. The van der Waals surface area contributed by atoms with E-state index in [4.69, 9.17) is 14.2 Å². The Hall–Kier alpha value is -2.70. The van der Waals surface area contributed by atoms with E-state index >= 15 is 0 Å². The molecule has 7 heteroatoms. The Balaban J connectivity index is 2.19. The molecule has 0 aliphatic heterocycles. The highest BCUT2D eigenvalue weighted by atomic mass is 16.5. The Labute approximate surface area is 128 Å². The monoisotopic (exact) mass is 305 g/mol. The molecule has 0 aliphatic rings. The third-order valence-corrected chi connectivity index (χ3v) is 3.21. The van der Waals surface area contributed by atoms with Gasteiger partial charge in [-0.25, -0.2) is 0 Å². The zero-order valence-electron chi connectivity index (χ0n) is 13.0. The van der Waals surface area contributed by atoms with Gasteiger partial charge in [-0.15, -0.1) is 0 Å². The van der Waals surface area contributed by atoms with Crippen LogP contribution < -0.4 is 19.5 Å². The molecule has 0 radical (unpaired) electrons. The van der Waals surface area contributed by atoms with Crippen LogP contribution in [-0.2, 0) is 13.6 Å². The third kappa shape index (κ3) is 3.30. The second-order valence-electron chi connectivity index (χ2n) is 4.60. The second-order valence-corrected chi connectivity index (χ2v) is 4.60. The molecule has 0 unspecified atom stereocenters. The number of methoxy groups -OCH3 is 3. The van der Waals surface area contributed by atoms with Gasteiger partial charge in [0.1, 0.15) is 17.2 Å². The molecule has 1 N–H and O–H groups in total. The fraction of sp³-hybridized carbons (Fsp3) is 0.333. The number of nitrogens with one attached hydrogen (secondary N) is 1. The minimum atomic E-state index is -0.215. The fourth-order valence-corrected chi connectivity index (χ4v) is 2.06. The Morgan fingerprint density at radius 3 is 2.27 bits per heavy atom. The average molecular weight is 305 g/mol. The molecule has 0 spiro atoms. The van der Waals surface area contributed by atoms with Crippen molar-refractivity contribution >= 4 is 5.91 Å². The lowest BCUT2D eigenvalue weighted by molar-refractivity contribution is 0.0950. The van der Waals surface area contributed by atoms with Gasteiger partial charge in [0.2, 0.25) is 0 Å². The van der Waals surface area contributed by atoms with Crippen LogP contribution >= 0.6 is 0 Å². The van der Waals surface area contributed by atoms with Gasteiger partial charge < -0.3 is 19.5 Å². The van der Waals surface area contributed by atoms with Gasteiger partial charge in [-0.1, -0.05) is 0 Å². The highest BCUT2D eigenvalue weighted by Crippen LogP contribution is 2.33. The normalized spacial score (nSPS) is 10.2. The van der Waals surface area contributed by atoms with Crippen molar-refractivity contribution in [2.75, 3.05) is 21.3 Å². The molecule has 0 fully saturated rings. The number of aryl methyl sites for hydroxylation is 1. The lowest BCUT2D eigenvalue weighted by Crippen LogP contribution is -2.23. The molecule has 0 atom stereocenters. The number of carbonyl (C=O) groups is 1. The van der Waals surface area contributed by atoms with Crippen LogP contribution in [0.1, 0.15) is 15.9 Å². The molecule has 0 bridgehead atoms. The Kier molecular flexibility index (Phi) is 4.88. The Morgan fingerprint density at radius 1 is 1.18 bits per heavy atom. The van der Waals surface area contributed by atoms with Crippen molar-refractivity contribution in [1.29, 1.82) is 0 Å². The molecule has 1 amide bonds. The maximum atomic E-state index is 12.1. The summed E-state index contributed by atoms with van der Waals surface area (Å²) in [6, 6.07) is 3.49. The maximum absolute atomic E-state index is 12.1. The number of benzene rings is 1. The van der Waals surface area contributed by atoms with Crippen molar-refractivity contribution in [2.45, 2.75) is 6.54 Å². The lowest BCUT2D eigenvalue weighted by atomic mass is 10.1. The summed E-state index contributed by atoms with van der Waals surface area (Å²) in [5, 5.41) is 6.80. The van der Waals surface area contributed by atoms with Crippen molar-refractivity contribution < 1.29 is 19.0 Å². The molecule has 1 aromatic carbocycles. The highest BCUT2D eigenvalue weighted by Gasteiger charge is 2.15. The second kappa shape index (κ2) is 6.84. The number of nitrogens with zero attached hydrogens (tertiary/aromatic N) is 2. The van der Waals surface area contributed by atoms with Gasteiger partial charge in [0.05, 0.1) is 45.2 Å². The summed E-state index contributed by atoms with van der Waals surface area (Å²) in [5.41, 5.74) is 1.23. The summed E-state index contributed by atoms with van der Waals surface area (Å²) in [4.78, 5) is 12.1. The van der Waals surface area contributed by atoms with Crippen molar-refractivity contribution in [3.8, 4) is 17.2 Å². The number of carbonyl (C=O) groups excluding carboxylic acids is 1. The van der Waals surface area contributed by atoms with E-state index in [1.54, 1.807) is 51.4 Å². The zero-order valence-corrected chi connectivity index (χ0v) is 13.0. The molecular weight excluding hydrogens is 286 g/mol. The topological polar surface area (TPSA) is 74.6 Å². The smallest absolute Gasteiger partial charge is 0.254 e. The van der Waals surface area contributed by atoms with E-state index in [2.05, 4.69) is 10.4 Å². The number of ether oxygens (including phenoxy) is 3. The van der Waals surface area contributed by atoms with Crippen LogP contribution in [0.2, 0.25) is 0 Å². The summed E-state index contributed by atoms with van der Waals surface area (Å²) in [6.45, 7) is 0.268. The summed E-state index contributed by atoms with van der Waals surface area (Å²) in [7, 11) is 6.44. The van der Waals surface area contributed by atoms with E-state index in [0.29, 0.717) is 22.8 Å². The van der Waals surface area contributed by atoms with Crippen LogP contribution in [0.4, 0.5) is 0 Å². The van der Waals surface area contributed by atoms with E-state index in [1.165, 1.54) is 6.20 Å². The lowest BCUT2D eigenvalue weighted by Gasteiger charge is -2.15. The van der Waals surface area contributed by atoms with Crippen molar-refractivity contribution in [2.24, 2.45) is 7.05 Å². The van der Waals surface area contributed by atoms with Crippen LogP contribution in [0.3, 0.4) is 0 Å². The van der Waals surface area contributed by atoms with Crippen LogP contribution in [0, 0.1) is 0 Å². The number of hydrogen-bond acceptors (Lipinski definition) is 5. The van der Waals surface area contributed by atoms with Gasteiger partial charge in [-0.3, -0.25) is 9.48 Å². The van der Waals surface area contributed by atoms with Crippen molar-refractivity contribution in [3.05, 3.63) is 35.7 Å². The van der Waals surface area contributed by atoms with E-state index in [1.807, 2.05) is 0 Å². The minimum absolute atomic E-state index is 0.215. The molecule has 7 nitrogen and oxygen atoms in total. The van der Waals surface area contributed by atoms with Gasteiger partial charge in [-0.05, 0) is 0 Å². The van der Waals surface area contributed by atoms with Crippen LogP contribution in [0.15, 0.2) is 24.5 Å². The van der Waals surface area contributed by atoms with Gasteiger partial charge in [-0.2, -0.15) is 5.10 Å². The first-order chi connectivity index (χ1) is 10.6. The molecule has 2 aromatic rings.